The summed E-state index contributed by atoms with van der Waals surface area (Å²) in [5.74, 6) is 2.36. The van der Waals surface area contributed by atoms with E-state index in [1.807, 2.05) is 12.1 Å². The molecule has 1 aromatic rings. The summed E-state index contributed by atoms with van der Waals surface area (Å²) in [4.78, 5) is 0. The average Bonchev–Trinajstić information content (AvgIpc) is 2.77. The average molecular weight is 177 g/mol. The molecular weight excluding hydrogens is 162 g/mol. The lowest BCUT2D eigenvalue weighted by Crippen LogP contribution is -2.02. The van der Waals surface area contributed by atoms with Crippen molar-refractivity contribution in [2.75, 3.05) is 6.54 Å². The molecule has 1 aliphatic rings. The van der Waals surface area contributed by atoms with Crippen LogP contribution in [0.2, 0.25) is 0 Å². The molecule has 1 aliphatic carbocycles. The van der Waals surface area contributed by atoms with E-state index >= 15 is 0 Å². The fourth-order valence-corrected chi connectivity index (χ4v) is 1.77. The van der Waals surface area contributed by atoms with Crippen molar-refractivity contribution in [3.63, 3.8) is 0 Å². The monoisotopic (exact) mass is 177 g/mol. The Bertz CT molecular complexity index is 300. The molecule has 1 heterocycles. The lowest BCUT2D eigenvalue weighted by Gasteiger charge is -1.96. The van der Waals surface area contributed by atoms with Crippen LogP contribution in [0.4, 0.5) is 0 Å². The summed E-state index contributed by atoms with van der Waals surface area (Å²) in [5, 5.41) is 0. The molecule has 1 saturated carbocycles. The Morgan fingerprint density at radius 1 is 1.77 bits per heavy atom. The number of rotatable bonds is 3. The van der Waals surface area contributed by atoms with Gasteiger partial charge in [0.2, 0.25) is 0 Å². The fourth-order valence-electron chi connectivity index (χ4n) is 1.77. The van der Waals surface area contributed by atoms with Gasteiger partial charge in [-0.1, -0.05) is 5.57 Å². The molecule has 1 fully saturated rings. The lowest BCUT2D eigenvalue weighted by molar-refractivity contribution is 0.556. The molecule has 0 saturated heterocycles. The van der Waals surface area contributed by atoms with Gasteiger partial charge in [-0.15, -0.1) is 0 Å². The van der Waals surface area contributed by atoms with Crippen molar-refractivity contribution in [2.45, 2.75) is 13.3 Å². The van der Waals surface area contributed by atoms with Crippen LogP contribution in [-0.2, 0) is 0 Å². The third kappa shape index (κ3) is 1.83. The third-order valence-corrected chi connectivity index (χ3v) is 2.72. The van der Waals surface area contributed by atoms with Crippen molar-refractivity contribution in [2.24, 2.45) is 17.6 Å². The predicted molar refractivity (Wildman–Crippen MR) is 53.0 cm³/mol. The van der Waals surface area contributed by atoms with E-state index in [-0.39, 0.29) is 0 Å². The van der Waals surface area contributed by atoms with Gasteiger partial charge in [-0.3, -0.25) is 0 Å². The number of hydrogen-bond acceptors (Lipinski definition) is 2. The van der Waals surface area contributed by atoms with Gasteiger partial charge in [0.25, 0.3) is 0 Å². The van der Waals surface area contributed by atoms with E-state index in [1.54, 1.807) is 6.26 Å². The van der Waals surface area contributed by atoms with Gasteiger partial charge < -0.3 is 10.2 Å². The SMILES string of the molecule is C/C(=C/c1ccco1)[C@@H]1C[C@H]1CN. The molecule has 0 aliphatic heterocycles. The van der Waals surface area contributed by atoms with Gasteiger partial charge in [-0.05, 0) is 49.9 Å². The van der Waals surface area contributed by atoms with Gasteiger partial charge in [0.1, 0.15) is 5.76 Å². The molecule has 2 nitrogen and oxygen atoms in total. The van der Waals surface area contributed by atoms with E-state index in [0.29, 0.717) is 11.8 Å². The number of nitrogens with two attached hydrogens (primary N) is 1. The topological polar surface area (TPSA) is 39.2 Å². The van der Waals surface area contributed by atoms with Crippen LogP contribution < -0.4 is 5.73 Å². The normalized spacial score (nSPS) is 27.7. The second kappa shape index (κ2) is 3.38. The van der Waals surface area contributed by atoms with Gasteiger partial charge in [0.15, 0.2) is 0 Å². The number of allylic oxidation sites excluding steroid dienone is 1. The van der Waals surface area contributed by atoms with Crippen LogP contribution in [0.1, 0.15) is 19.1 Å². The first-order valence-electron chi connectivity index (χ1n) is 4.73. The molecule has 0 spiro atoms. The van der Waals surface area contributed by atoms with Crippen LogP contribution in [0.5, 0.6) is 0 Å². The highest BCUT2D eigenvalue weighted by Gasteiger charge is 2.36. The molecule has 1 aromatic heterocycles. The zero-order valence-corrected chi connectivity index (χ0v) is 7.86. The van der Waals surface area contributed by atoms with E-state index in [1.165, 1.54) is 12.0 Å². The zero-order chi connectivity index (χ0) is 9.26. The quantitative estimate of drug-likeness (QED) is 0.769. The second-order valence-corrected chi connectivity index (χ2v) is 3.74. The zero-order valence-electron chi connectivity index (χ0n) is 7.86. The summed E-state index contributed by atoms with van der Waals surface area (Å²) in [6, 6.07) is 3.88. The Labute approximate surface area is 78.4 Å². The van der Waals surface area contributed by atoms with Crippen LogP contribution >= 0.6 is 0 Å². The summed E-state index contributed by atoms with van der Waals surface area (Å²) in [6.07, 6.45) is 5.06. The first-order chi connectivity index (χ1) is 6.31. The largest absolute Gasteiger partial charge is 0.465 e. The van der Waals surface area contributed by atoms with E-state index in [9.17, 15) is 0 Å². The van der Waals surface area contributed by atoms with Gasteiger partial charge in [-0.2, -0.15) is 0 Å². The first kappa shape index (κ1) is 8.57. The molecule has 70 valence electrons. The van der Waals surface area contributed by atoms with Crippen molar-refractivity contribution < 1.29 is 4.42 Å². The maximum atomic E-state index is 5.58. The molecule has 2 N–H and O–H groups in total. The molecule has 2 rings (SSSR count). The fraction of sp³-hybridized carbons (Fsp3) is 0.455. The minimum absolute atomic E-state index is 0.704. The van der Waals surface area contributed by atoms with E-state index < -0.39 is 0 Å². The van der Waals surface area contributed by atoms with Gasteiger partial charge in [-0.25, -0.2) is 0 Å². The Hall–Kier alpha value is -1.02. The molecule has 0 aromatic carbocycles. The van der Waals surface area contributed by atoms with Gasteiger partial charge >= 0.3 is 0 Å². The van der Waals surface area contributed by atoms with Crippen molar-refractivity contribution in [1.29, 1.82) is 0 Å². The maximum Gasteiger partial charge on any atom is 0.126 e. The highest BCUT2D eigenvalue weighted by molar-refractivity contribution is 5.48. The van der Waals surface area contributed by atoms with Crippen LogP contribution in [0.3, 0.4) is 0 Å². The maximum absolute atomic E-state index is 5.58. The summed E-state index contributed by atoms with van der Waals surface area (Å²) in [7, 11) is 0. The van der Waals surface area contributed by atoms with Crippen molar-refractivity contribution >= 4 is 6.08 Å². The standard InChI is InChI=1S/C11H15NO/c1-8(11-6-9(11)7-12)5-10-3-2-4-13-10/h2-5,9,11H,6-7,12H2,1H3/b8-5-/t9-,11-/m0/s1. The number of hydrogen-bond donors (Lipinski definition) is 1. The van der Waals surface area contributed by atoms with Crippen LogP contribution in [0, 0.1) is 11.8 Å². The molecule has 2 heteroatoms. The summed E-state index contributed by atoms with van der Waals surface area (Å²) < 4.78 is 5.24. The van der Waals surface area contributed by atoms with Crippen molar-refractivity contribution in [1.82, 2.24) is 0 Å². The minimum atomic E-state index is 0.704. The van der Waals surface area contributed by atoms with Crippen molar-refractivity contribution in [3.05, 3.63) is 29.7 Å². The molecule has 13 heavy (non-hydrogen) atoms. The highest BCUT2D eigenvalue weighted by atomic mass is 16.3. The van der Waals surface area contributed by atoms with E-state index in [0.717, 1.165) is 12.3 Å². The van der Waals surface area contributed by atoms with Crippen LogP contribution in [0.15, 0.2) is 28.4 Å². The molecule has 0 radical (unpaired) electrons. The smallest absolute Gasteiger partial charge is 0.126 e. The van der Waals surface area contributed by atoms with Gasteiger partial charge in [0, 0.05) is 0 Å². The van der Waals surface area contributed by atoms with Gasteiger partial charge in [0.05, 0.1) is 6.26 Å². The highest BCUT2D eigenvalue weighted by Crippen LogP contribution is 2.43. The van der Waals surface area contributed by atoms with Crippen LogP contribution in [0.25, 0.3) is 6.08 Å². The lowest BCUT2D eigenvalue weighted by atomic mass is 10.1. The molecular formula is C11H15NO. The first-order valence-corrected chi connectivity index (χ1v) is 4.73. The van der Waals surface area contributed by atoms with Crippen LogP contribution in [-0.4, -0.2) is 6.54 Å². The Morgan fingerprint density at radius 2 is 2.62 bits per heavy atom. The summed E-state index contributed by atoms with van der Waals surface area (Å²) in [5.41, 5.74) is 6.98. The summed E-state index contributed by atoms with van der Waals surface area (Å²) in [6.45, 7) is 2.97. The third-order valence-electron chi connectivity index (χ3n) is 2.72. The van der Waals surface area contributed by atoms with E-state index in [4.69, 9.17) is 10.2 Å². The molecule has 0 amide bonds. The minimum Gasteiger partial charge on any atom is -0.465 e. The van der Waals surface area contributed by atoms with Crippen molar-refractivity contribution in [3.8, 4) is 0 Å². The predicted octanol–water partition coefficient (Wildman–Crippen LogP) is 2.28. The molecule has 2 atom stereocenters. The Kier molecular flexibility index (Phi) is 2.23. The van der Waals surface area contributed by atoms with E-state index in [2.05, 4.69) is 13.0 Å². The molecule has 0 unspecified atom stereocenters. The Morgan fingerprint density at radius 3 is 3.15 bits per heavy atom. The summed E-state index contributed by atoms with van der Waals surface area (Å²) >= 11 is 0. The second-order valence-electron chi connectivity index (χ2n) is 3.74. The molecule has 0 bridgehead atoms. The Balaban J connectivity index is 2.02. The number of furan rings is 1.